The molecule has 112 valence electrons. The summed E-state index contributed by atoms with van der Waals surface area (Å²) >= 11 is 0. The minimum Gasteiger partial charge on any atom is -0.481 e. The minimum atomic E-state index is -0.728. The van der Waals surface area contributed by atoms with Crippen LogP contribution in [-0.2, 0) is 17.6 Å². The SMILES string of the molecule is CC(C)Cc1noc(CC2(CC(=O)O)CCCCC2)n1. The highest BCUT2D eigenvalue weighted by Gasteiger charge is 2.36. The molecule has 0 bridgehead atoms. The van der Waals surface area contributed by atoms with Gasteiger partial charge in [0.2, 0.25) is 5.89 Å². The fourth-order valence-electron chi connectivity index (χ4n) is 3.17. The van der Waals surface area contributed by atoms with Crippen LogP contribution >= 0.6 is 0 Å². The number of rotatable bonds is 6. The highest BCUT2D eigenvalue weighted by Crippen LogP contribution is 2.41. The lowest BCUT2D eigenvalue weighted by Crippen LogP contribution is -2.30. The van der Waals surface area contributed by atoms with Crippen molar-refractivity contribution in [2.75, 3.05) is 0 Å². The van der Waals surface area contributed by atoms with Gasteiger partial charge in [0, 0.05) is 12.8 Å². The third-order valence-corrected chi connectivity index (χ3v) is 4.07. The predicted molar refractivity (Wildman–Crippen MR) is 74.3 cm³/mol. The van der Waals surface area contributed by atoms with Gasteiger partial charge in [-0.15, -0.1) is 0 Å². The van der Waals surface area contributed by atoms with Crippen LogP contribution in [0.4, 0.5) is 0 Å². The van der Waals surface area contributed by atoms with Crippen molar-refractivity contribution in [3.05, 3.63) is 11.7 Å². The van der Waals surface area contributed by atoms with Gasteiger partial charge in [-0.1, -0.05) is 38.3 Å². The zero-order chi connectivity index (χ0) is 14.6. The van der Waals surface area contributed by atoms with E-state index >= 15 is 0 Å². The third kappa shape index (κ3) is 4.05. The highest BCUT2D eigenvalue weighted by molar-refractivity contribution is 5.67. The topological polar surface area (TPSA) is 76.2 Å². The Morgan fingerprint density at radius 1 is 1.35 bits per heavy atom. The molecule has 5 heteroatoms. The second kappa shape index (κ2) is 6.37. The van der Waals surface area contributed by atoms with E-state index in [0.29, 0.717) is 18.2 Å². The minimum absolute atomic E-state index is 0.189. The molecule has 1 aromatic rings. The van der Waals surface area contributed by atoms with Gasteiger partial charge in [-0.3, -0.25) is 4.79 Å². The van der Waals surface area contributed by atoms with Crippen molar-refractivity contribution in [3.63, 3.8) is 0 Å². The molecule has 5 nitrogen and oxygen atoms in total. The van der Waals surface area contributed by atoms with E-state index in [9.17, 15) is 4.79 Å². The lowest BCUT2D eigenvalue weighted by molar-refractivity contribution is -0.140. The summed E-state index contributed by atoms with van der Waals surface area (Å²) in [6.07, 6.45) is 6.89. The molecule has 1 aromatic heterocycles. The smallest absolute Gasteiger partial charge is 0.303 e. The van der Waals surface area contributed by atoms with Crippen molar-refractivity contribution >= 4 is 5.97 Å². The standard InChI is InChI=1S/C15H24N2O3/c1-11(2)8-12-16-13(20-17-12)9-15(10-14(18)19)6-4-3-5-7-15/h11H,3-10H2,1-2H3,(H,18,19). The third-order valence-electron chi connectivity index (χ3n) is 4.07. The van der Waals surface area contributed by atoms with Gasteiger partial charge in [-0.25, -0.2) is 0 Å². The van der Waals surface area contributed by atoms with Crippen LogP contribution in [0.1, 0.15) is 64.1 Å². The second-order valence-corrected chi connectivity index (χ2v) is 6.51. The molecule has 1 aliphatic rings. The van der Waals surface area contributed by atoms with E-state index in [2.05, 4.69) is 24.0 Å². The van der Waals surface area contributed by atoms with Crippen molar-refractivity contribution in [2.45, 2.75) is 65.2 Å². The van der Waals surface area contributed by atoms with Gasteiger partial charge in [-0.2, -0.15) is 4.98 Å². The first kappa shape index (κ1) is 15.0. The van der Waals surface area contributed by atoms with E-state index in [-0.39, 0.29) is 11.8 Å². The van der Waals surface area contributed by atoms with E-state index in [4.69, 9.17) is 9.63 Å². The first-order valence-corrected chi connectivity index (χ1v) is 7.52. The number of nitrogens with zero attached hydrogens (tertiary/aromatic N) is 2. The molecule has 1 aliphatic carbocycles. The molecule has 0 aromatic carbocycles. The van der Waals surface area contributed by atoms with Crippen LogP contribution < -0.4 is 0 Å². The summed E-state index contributed by atoms with van der Waals surface area (Å²) in [5.74, 6) is 1.09. The number of hydrogen-bond acceptors (Lipinski definition) is 4. The fraction of sp³-hybridized carbons (Fsp3) is 0.800. The Labute approximate surface area is 119 Å². The van der Waals surface area contributed by atoms with E-state index in [1.54, 1.807) is 0 Å². The first-order valence-electron chi connectivity index (χ1n) is 7.52. The quantitative estimate of drug-likeness (QED) is 0.865. The van der Waals surface area contributed by atoms with Crippen LogP contribution in [0.15, 0.2) is 4.52 Å². The van der Waals surface area contributed by atoms with Crippen molar-refractivity contribution in [3.8, 4) is 0 Å². The Morgan fingerprint density at radius 3 is 2.65 bits per heavy atom. The predicted octanol–water partition coefficient (Wildman–Crippen LogP) is 3.24. The van der Waals surface area contributed by atoms with E-state index in [1.807, 2.05) is 0 Å². The monoisotopic (exact) mass is 280 g/mol. The molecule has 0 atom stereocenters. The number of aromatic nitrogens is 2. The van der Waals surface area contributed by atoms with Crippen molar-refractivity contribution in [2.24, 2.45) is 11.3 Å². The van der Waals surface area contributed by atoms with Gasteiger partial charge >= 0.3 is 5.97 Å². The van der Waals surface area contributed by atoms with Gasteiger partial charge in [0.15, 0.2) is 5.82 Å². The molecule has 1 saturated carbocycles. The van der Waals surface area contributed by atoms with Gasteiger partial charge < -0.3 is 9.63 Å². The Kier molecular flexibility index (Phi) is 4.78. The van der Waals surface area contributed by atoms with Crippen molar-refractivity contribution in [1.29, 1.82) is 0 Å². The number of aliphatic carboxylic acids is 1. The molecule has 0 aliphatic heterocycles. The zero-order valence-corrected chi connectivity index (χ0v) is 12.4. The molecule has 1 heterocycles. The van der Waals surface area contributed by atoms with Crippen LogP contribution in [0.2, 0.25) is 0 Å². The number of hydrogen-bond donors (Lipinski definition) is 1. The van der Waals surface area contributed by atoms with Crippen LogP contribution in [-0.4, -0.2) is 21.2 Å². The molecule has 0 saturated heterocycles. The Hall–Kier alpha value is -1.39. The van der Waals surface area contributed by atoms with E-state index in [0.717, 1.165) is 37.9 Å². The summed E-state index contributed by atoms with van der Waals surface area (Å²) in [4.78, 5) is 15.6. The van der Waals surface area contributed by atoms with Crippen LogP contribution in [0.25, 0.3) is 0 Å². The van der Waals surface area contributed by atoms with Crippen LogP contribution in [0.3, 0.4) is 0 Å². The zero-order valence-electron chi connectivity index (χ0n) is 12.4. The molecule has 0 spiro atoms. The molecular formula is C15H24N2O3. The number of carboxylic acids is 1. The number of carboxylic acid groups (broad SMARTS) is 1. The molecule has 0 radical (unpaired) electrons. The van der Waals surface area contributed by atoms with Crippen LogP contribution in [0, 0.1) is 11.3 Å². The summed E-state index contributed by atoms with van der Waals surface area (Å²) in [7, 11) is 0. The molecule has 20 heavy (non-hydrogen) atoms. The molecule has 2 rings (SSSR count). The number of carbonyl (C=O) groups is 1. The Morgan fingerprint density at radius 2 is 2.05 bits per heavy atom. The molecular weight excluding hydrogens is 256 g/mol. The second-order valence-electron chi connectivity index (χ2n) is 6.51. The van der Waals surface area contributed by atoms with Crippen molar-refractivity contribution < 1.29 is 14.4 Å². The van der Waals surface area contributed by atoms with Gasteiger partial charge in [-0.05, 0) is 24.2 Å². The summed E-state index contributed by atoms with van der Waals surface area (Å²) in [5.41, 5.74) is -0.189. The molecule has 1 fully saturated rings. The fourth-order valence-corrected chi connectivity index (χ4v) is 3.17. The normalized spacial score (nSPS) is 18.4. The van der Waals surface area contributed by atoms with E-state index < -0.39 is 5.97 Å². The molecule has 0 unspecified atom stereocenters. The van der Waals surface area contributed by atoms with Crippen LogP contribution in [0.5, 0.6) is 0 Å². The highest BCUT2D eigenvalue weighted by atomic mass is 16.5. The van der Waals surface area contributed by atoms with E-state index in [1.165, 1.54) is 6.42 Å². The maximum atomic E-state index is 11.1. The maximum absolute atomic E-state index is 11.1. The summed E-state index contributed by atoms with van der Waals surface area (Å²) in [6.45, 7) is 4.23. The van der Waals surface area contributed by atoms with Gasteiger partial charge in [0.25, 0.3) is 0 Å². The summed E-state index contributed by atoms with van der Waals surface area (Å²) < 4.78 is 5.32. The average molecular weight is 280 g/mol. The maximum Gasteiger partial charge on any atom is 0.303 e. The lowest BCUT2D eigenvalue weighted by Gasteiger charge is -2.34. The average Bonchev–Trinajstić information content (AvgIpc) is 2.75. The summed E-state index contributed by atoms with van der Waals surface area (Å²) in [5, 5.41) is 13.2. The molecule has 1 N–H and O–H groups in total. The summed E-state index contributed by atoms with van der Waals surface area (Å²) in [6, 6.07) is 0. The Bertz CT molecular complexity index is 448. The molecule has 0 amide bonds. The first-order chi connectivity index (χ1) is 9.49. The van der Waals surface area contributed by atoms with Gasteiger partial charge in [0.1, 0.15) is 0 Å². The Balaban J connectivity index is 2.07. The van der Waals surface area contributed by atoms with Gasteiger partial charge in [0.05, 0.1) is 6.42 Å². The largest absolute Gasteiger partial charge is 0.481 e. The lowest BCUT2D eigenvalue weighted by atomic mass is 9.69. The van der Waals surface area contributed by atoms with Crippen molar-refractivity contribution in [1.82, 2.24) is 10.1 Å².